The number of benzene rings is 3. The van der Waals surface area contributed by atoms with E-state index < -0.39 is 5.97 Å². The fourth-order valence-corrected chi connectivity index (χ4v) is 2.94. The highest BCUT2D eigenvalue weighted by molar-refractivity contribution is 6.04. The van der Waals surface area contributed by atoms with Crippen LogP contribution < -0.4 is 0 Å². The average Bonchev–Trinajstić information content (AvgIpc) is 2.60. The molecule has 0 bridgehead atoms. The fraction of sp³-hybridized carbons (Fsp3) is 0. The number of hydrogen-bond donors (Lipinski definition) is 1. The Kier molecular flexibility index (Phi) is 3.05. The second kappa shape index (κ2) is 5.21. The average molecular weight is 299 g/mol. The van der Waals surface area contributed by atoms with Crippen LogP contribution in [-0.4, -0.2) is 16.1 Å². The van der Waals surface area contributed by atoms with E-state index in [1.54, 1.807) is 6.07 Å². The summed E-state index contributed by atoms with van der Waals surface area (Å²) in [4.78, 5) is 15.6. The van der Waals surface area contributed by atoms with Crippen molar-refractivity contribution in [3.8, 4) is 11.1 Å². The van der Waals surface area contributed by atoms with Gasteiger partial charge in [0, 0.05) is 10.9 Å². The van der Waals surface area contributed by atoms with Crippen LogP contribution in [0.5, 0.6) is 0 Å². The molecule has 0 radical (unpaired) electrons. The van der Waals surface area contributed by atoms with Crippen molar-refractivity contribution >= 4 is 27.6 Å². The summed E-state index contributed by atoms with van der Waals surface area (Å²) >= 11 is 0. The zero-order valence-corrected chi connectivity index (χ0v) is 12.2. The van der Waals surface area contributed by atoms with Crippen LogP contribution in [0, 0.1) is 0 Å². The minimum atomic E-state index is -1.01. The standard InChI is InChI=1S/C20H13NO2/c22-20(23)18-12-11-14-7-4-10-17(19(14)21-18)16-9-3-6-13-5-1-2-8-15(13)16/h1-12H,(H,22,23). The molecule has 0 aliphatic carbocycles. The Morgan fingerprint density at radius 2 is 1.43 bits per heavy atom. The van der Waals surface area contributed by atoms with Crippen molar-refractivity contribution in [1.29, 1.82) is 0 Å². The molecule has 1 aromatic heterocycles. The Labute approximate surface area is 132 Å². The van der Waals surface area contributed by atoms with E-state index in [1.807, 2.05) is 42.5 Å². The summed E-state index contributed by atoms with van der Waals surface area (Å²) < 4.78 is 0. The topological polar surface area (TPSA) is 50.2 Å². The molecule has 4 aromatic rings. The number of aromatic nitrogens is 1. The number of para-hydroxylation sites is 1. The van der Waals surface area contributed by atoms with E-state index in [1.165, 1.54) is 6.07 Å². The fourth-order valence-electron chi connectivity index (χ4n) is 2.94. The number of carbonyl (C=O) groups is 1. The van der Waals surface area contributed by atoms with Gasteiger partial charge in [-0.25, -0.2) is 9.78 Å². The summed E-state index contributed by atoms with van der Waals surface area (Å²) in [6.45, 7) is 0. The first-order valence-corrected chi connectivity index (χ1v) is 7.35. The number of rotatable bonds is 2. The van der Waals surface area contributed by atoms with E-state index in [-0.39, 0.29) is 5.69 Å². The van der Waals surface area contributed by atoms with Gasteiger partial charge in [0.2, 0.25) is 0 Å². The van der Waals surface area contributed by atoms with E-state index in [0.717, 1.165) is 27.3 Å². The van der Waals surface area contributed by atoms with E-state index in [9.17, 15) is 9.90 Å². The maximum Gasteiger partial charge on any atom is 0.354 e. The lowest BCUT2D eigenvalue weighted by molar-refractivity contribution is 0.0691. The largest absolute Gasteiger partial charge is 0.477 e. The highest BCUT2D eigenvalue weighted by Gasteiger charge is 2.11. The summed E-state index contributed by atoms with van der Waals surface area (Å²) in [7, 11) is 0. The zero-order valence-electron chi connectivity index (χ0n) is 12.2. The Balaban J connectivity index is 2.08. The molecule has 0 unspecified atom stereocenters. The highest BCUT2D eigenvalue weighted by Crippen LogP contribution is 2.33. The number of aromatic carboxylic acids is 1. The lowest BCUT2D eigenvalue weighted by Crippen LogP contribution is -2.00. The third kappa shape index (κ3) is 2.23. The summed E-state index contributed by atoms with van der Waals surface area (Å²) in [5.41, 5.74) is 2.78. The van der Waals surface area contributed by atoms with Crippen LogP contribution in [0.4, 0.5) is 0 Å². The van der Waals surface area contributed by atoms with Gasteiger partial charge in [0.25, 0.3) is 0 Å². The molecule has 0 amide bonds. The van der Waals surface area contributed by atoms with Crippen LogP contribution >= 0.6 is 0 Å². The van der Waals surface area contributed by atoms with Gasteiger partial charge in [-0.2, -0.15) is 0 Å². The van der Waals surface area contributed by atoms with Crippen LogP contribution in [-0.2, 0) is 0 Å². The van der Waals surface area contributed by atoms with Crippen molar-refractivity contribution < 1.29 is 9.90 Å². The van der Waals surface area contributed by atoms with Gasteiger partial charge in [0.1, 0.15) is 5.69 Å². The summed E-state index contributed by atoms with van der Waals surface area (Å²) in [6, 6.07) is 23.5. The number of hydrogen-bond acceptors (Lipinski definition) is 2. The van der Waals surface area contributed by atoms with Crippen molar-refractivity contribution in [2.24, 2.45) is 0 Å². The van der Waals surface area contributed by atoms with Crippen LogP contribution in [0.3, 0.4) is 0 Å². The molecule has 0 aliphatic heterocycles. The maximum absolute atomic E-state index is 11.2. The van der Waals surface area contributed by atoms with Gasteiger partial charge in [0.15, 0.2) is 0 Å². The van der Waals surface area contributed by atoms with E-state index in [2.05, 4.69) is 23.2 Å². The monoisotopic (exact) mass is 299 g/mol. The van der Waals surface area contributed by atoms with Gasteiger partial charge >= 0.3 is 5.97 Å². The Hall–Kier alpha value is -3.20. The minimum Gasteiger partial charge on any atom is -0.477 e. The predicted octanol–water partition coefficient (Wildman–Crippen LogP) is 4.75. The number of pyridine rings is 1. The number of nitrogens with zero attached hydrogens (tertiary/aromatic N) is 1. The third-order valence-electron chi connectivity index (χ3n) is 4.02. The molecule has 4 rings (SSSR count). The first-order chi connectivity index (χ1) is 11.2. The second-order valence-corrected chi connectivity index (χ2v) is 5.41. The van der Waals surface area contributed by atoms with Crippen LogP contribution in [0.2, 0.25) is 0 Å². The second-order valence-electron chi connectivity index (χ2n) is 5.41. The molecule has 3 aromatic carbocycles. The molecular weight excluding hydrogens is 286 g/mol. The molecule has 0 saturated heterocycles. The quantitative estimate of drug-likeness (QED) is 0.581. The first kappa shape index (κ1) is 13.5. The molecule has 3 heteroatoms. The minimum absolute atomic E-state index is 0.0604. The van der Waals surface area contributed by atoms with Crippen molar-refractivity contribution in [2.75, 3.05) is 0 Å². The summed E-state index contributed by atoms with van der Waals surface area (Å²) in [5, 5.41) is 12.4. The molecule has 23 heavy (non-hydrogen) atoms. The van der Waals surface area contributed by atoms with Crippen LogP contribution in [0.1, 0.15) is 10.5 Å². The number of carboxylic acid groups (broad SMARTS) is 1. The third-order valence-corrected chi connectivity index (χ3v) is 4.02. The number of fused-ring (bicyclic) bond motifs is 2. The molecule has 0 atom stereocenters. The molecule has 0 fully saturated rings. The highest BCUT2D eigenvalue weighted by atomic mass is 16.4. The molecule has 1 N–H and O–H groups in total. The van der Waals surface area contributed by atoms with Gasteiger partial charge < -0.3 is 5.11 Å². The molecule has 0 aliphatic rings. The number of carboxylic acids is 1. The van der Waals surface area contributed by atoms with Crippen molar-refractivity contribution in [3.63, 3.8) is 0 Å². The zero-order chi connectivity index (χ0) is 15.8. The maximum atomic E-state index is 11.2. The predicted molar refractivity (Wildman–Crippen MR) is 91.6 cm³/mol. The van der Waals surface area contributed by atoms with Crippen LogP contribution in [0.15, 0.2) is 72.8 Å². The van der Waals surface area contributed by atoms with Crippen LogP contribution in [0.25, 0.3) is 32.8 Å². The van der Waals surface area contributed by atoms with Crippen molar-refractivity contribution in [1.82, 2.24) is 4.98 Å². The summed E-state index contributed by atoms with van der Waals surface area (Å²) in [5.74, 6) is -1.01. The molecule has 3 nitrogen and oxygen atoms in total. The van der Waals surface area contributed by atoms with Gasteiger partial charge in [-0.1, -0.05) is 66.7 Å². The van der Waals surface area contributed by atoms with E-state index >= 15 is 0 Å². The van der Waals surface area contributed by atoms with E-state index in [0.29, 0.717) is 5.52 Å². The SMILES string of the molecule is O=C(O)c1ccc2cccc(-c3cccc4ccccc34)c2n1. The Morgan fingerprint density at radius 3 is 2.26 bits per heavy atom. The molecule has 110 valence electrons. The van der Waals surface area contributed by atoms with Gasteiger partial charge in [-0.3, -0.25) is 0 Å². The molecular formula is C20H13NO2. The normalized spacial score (nSPS) is 11.0. The van der Waals surface area contributed by atoms with Gasteiger partial charge in [0.05, 0.1) is 5.52 Å². The molecule has 1 heterocycles. The first-order valence-electron chi connectivity index (χ1n) is 7.35. The summed E-state index contributed by atoms with van der Waals surface area (Å²) in [6.07, 6.45) is 0. The van der Waals surface area contributed by atoms with Gasteiger partial charge in [-0.15, -0.1) is 0 Å². The Morgan fingerprint density at radius 1 is 0.739 bits per heavy atom. The van der Waals surface area contributed by atoms with Gasteiger partial charge in [-0.05, 0) is 22.4 Å². The molecule has 0 saturated carbocycles. The lowest BCUT2D eigenvalue weighted by Gasteiger charge is -2.10. The smallest absolute Gasteiger partial charge is 0.354 e. The van der Waals surface area contributed by atoms with E-state index in [4.69, 9.17) is 0 Å². The Bertz CT molecular complexity index is 1050. The van der Waals surface area contributed by atoms with Crippen molar-refractivity contribution in [2.45, 2.75) is 0 Å². The van der Waals surface area contributed by atoms with Crippen molar-refractivity contribution in [3.05, 3.63) is 78.5 Å². The lowest BCUT2D eigenvalue weighted by atomic mass is 9.96. The molecule has 0 spiro atoms.